The number of amides is 1. The highest BCUT2D eigenvalue weighted by Crippen LogP contribution is 2.43. The Hall–Kier alpha value is -4.24. The van der Waals surface area contributed by atoms with Gasteiger partial charge in [-0.3, -0.25) is 9.59 Å². The number of carboxylic acid groups (broad SMARTS) is 1. The lowest BCUT2D eigenvalue weighted by atomic mass is 9.72. The Morgan fingerprint density at radius 1 is 0.773 bits per heavy atom. The van der Waals surface area contributed by atoms with Crippen molar-refractivity contribution in [1.82, 2.24) is 9.80 Å². The van der Waals surface area contributed by atoms with Crippen molar-refractivity contribution in [2.75, 3.05) is 61.2 Å². The van der Waals surface area contributed by atoms with Gasteiger partial charge in [0.2, 0.25) is 5.75 Å². The number of hydrogen-bond donors (Lipinski definition) is 1. The topological polar surface area (TPSA) is 97.8 Å². The number of nitrogens with zero attached hydrogens (tertiary/aromatic N) is 2. The first kappa shape index (κ1) is 31.2. The smallest absolute Gasteiger partial charge is 0.314 e. The van der Waals surface area contributed by atoms with Crippen molar-refractivity contribution < 1.29 is 33.6 Å². The number of carbonyl (C=O) groups is 2. The van der Waals surface area contributed by atoms with Gasteiger partial charge in [0.05, 0.1) is 33.9 Å². The first-order chi connectivity index (χ1) is 21.3. The summed E-state index contributed by atoms with van der Waals surface area (Å²) < 4.78 is 21.9. The third-order valence-electron chi connectivity index (χ3n) is 9.61. The molecule has 9 nitrogen and oxygen atoms in total. The van der Waals surface area contributed by atoms with Crippen LogP contribution in [-0.2, 0) is 15.6 Å². The SMILES string of the molecule is COc1ccc(C2(CCN3CCC(C(=O)O)(c4ccccc4)CC3)CCN(C(=O)c3cc(OC)c(OC)c(OC)c3)C2)cc1. The normalized spacial score (nSPS) is 19.8. The molecule has 1 unspecified atom stereocenters. The van der Waals surface area contributed by atoms with Crippen molar-refractivity contribution in [2.45, 2.75) is 36.5 Å². The van der Waals surface area contributed by atoms with Crippen LogP contribution >= 0.6 is 0 Å². The molecule has 1 amide bonds. The van der Waals surface area contributed by atoms with E-state index in [2.05, 4.69) is 17.0 Å². The molecule has 2 aliphatic rings. The summed E-state index contributed by atoms with van der Waals surface area (Å²) in [6, 6.07) is 21.2. The van der Waals surface area contributed by atoms with Gasteiger partial charge >= 0.3 is 5.97 Å². The van der Waals surface area contributed by atoms with Crippen LogP contribution in [0.5, 0.6) is 23.0 Å². The lowest BCUT2D eigenvalue weighted by Gasteiger charge is -2.40. The minimum absolute atomic E-state index is 0.0910. The van der Waals surface area contributed by atoms with Gasteiger partial charge in [-0.05, 0) is 80.7 Å². The van der Waals surface area contributed by atoms with E-state index in [1.54, 1.807) is 19.2 Å². The summed E-state index contributed by atoms with van der Waals surface area (Å²) in [4.78, 5) is 30.6. The number of rotatable bonds is 11. The van der Waals surface area contributed by atoms with Gasteiger partial charge in [0, 0.05) is 24.1 Å². The molecular weight excluding hydrogens is 560 g/mol. The number of ether oxygens (including phenoxy) is 4. The fraction of sp³-hybridized carbons (Fsp3) is 0.429. The monoisotopic (exact) mass is 602 g/mol. The number of benzene rings is 3. The van der Waals surface area contributed by atoms with E-state index in [9.17, 15) is 14.7 Å². The van der Waals surface area contributed by atoms with E-state index in [1.165, 1.54) is 26.9 Å². The maximum absolute atomic E-state index is 13.9. The van der Waals surface area contributed by atoms with Gasteiger partial charge in [-0.25, -0.2) is 0 Å². The molecule has 3 aromatic carbocycles. The Kier molecular flexibility index (Phi) is 9.34. The number of hydrogen-bond acceptors (Lipinski definition) is 7. The van der Waals surface area contributed by atoms with Crippen LogP contribution in [0.4, 0.5) is 0 Å². The van der Waals surface area contributed by atoms with Gasteiger partial charge in [0.25, 0.3) is 5.91 Å². The number of aliphatic carboxylic acids is 1. The fourth-order valence-corrected chi connectivity index (χ4v) is 6.88. The molecule has 0 radical (unpaired) electrons. The molecule has 0 aromatic heterocycles. The number of likely N-dealkylation sites (tertiary alicyclic amines) is 2. The second-order valence-electron chi connectivity index (χ2n) is 11.7. The molecule has 5 rings (SSSR count). The van der Waals surface area contributed by atoms with Gasteiger partial charge < -0.3 is 33.9 Å². The van der Waals surface area contributed by atoms with E-state index in [0.717, 1.165) is 30.7 Å². The van der Waals surface area contributed by atoms with Crippen molar-refractivity contribution in [1.29, 1.82) is 0 Å². The average Bonchev–Trinajstić information content (AvgIpc) is 3.52. The lowest BCUT2D eigenvalue weighted by Crippen LogP contribution is -2.48. The van der Waals surface area contributed by atoms with Gasteiger partial charge in [-0.15, -0.1) is 0 Å². The molecule has 3 aromatic rings. The van der Waals surface area contributed by atoms with E-state index in [1.807, 2.05) is 47.4 Å². The van der Waals surface area contributed by atoms with Crippen LogP contribution in [0.25, 0.3) is 0 Å². The summed E-state index contributed by atoms with van der Waals surface area (Å²) in [5.74, 6) is 1.26. The van der Waals surface area contributed by atoms with Gasteiger partial charge in [0.15, 0.2) is 11.5 Å². The van der Waals surface area contributed by atoms with Crippen LogP contribution < -0.4 is 18.9 Å². The summed E-state index contributed by atoms with van der Waals surface area (Å²) in [6.07, 6.45) is 2.78. The highest BCUT2D eigenvalue weighted by molar-refractivity contribution is 5.96. The molecule has 1 atom stereocenters. The van der Waals surface area contributed by atoms with Crippen molar-refractivity contribution in [2.24, 2.45) is 0 Å². The molecule has 0 bridgehead atoms. The largest absolute Gasteiger partial charge is 0.497 e. The van der Waals surface area contributed by atoms with Gasteiger partial charge in [-0.1, -0.05) is 42.5 Å². The second kappa shape index (κ2) is 13.2. The summed E-state index contributed by atoms with van der Waals surface area (Å²) in [6.45, 7) is 3.38. The maximum atomic E-state index is 13.9. The standard InChI is InChI=1S/C35H42N2O7/c1-41-28-12-10-26(11-13-28)34(14-18-36-19-16-35(17-20-36,33(39)40)27-8-6-5-7-9-27)15-21-37(24-34)32(38)25-22-29(42-2)31(44-4)30(23-25)43-3/h5-13,22-23H,14-21,24H2,1-4H3,(H,39,40). The summed E-state index contributed by atoms with van der Waals surface area (Å²) in [7, 11) is 6.27. The Labute approximate surface area is 259 Å². The zero-order valence-electron chi connectivity index (χ0n) is 26.0. The first-order valence-electron chi connectivity index (χ1n) is 15.0. The molecule has 2 aliphatic heterocycles. The van der Waals surface area contributed by atoms with Crippen LogP contribution in [0.1, 0.15) is 47.2 Å². The van der Waals surface area contributed by atoms with Gasteiger partial charge in [-0.2, -0.15) is 0 Å². The van der Waals surface area contributed by atoms with E-state index in [-0.39, 0.29) is 11.3 Å². The van der Waals surface area contributed by atoms with Crippen LogP contribution in [0.15, 0.2) is 66.7 Å². The van der Waals surface area contributed by atoms with Crippen LogP contribution in [0.3, 0.4) is 0 Å². The highest BCUT2D eigenvalue weighted by Gasteiger charge is 2.45. The Morgan fingerprint density at radius 3 is 1.95 bits per heavy atom. The van der Waals surface area contributed by atoms with Crippen molar-refractivity contribution in [3.8, 4) is 23.0 Å². The number of carboxylic acids is 1. The molecule has 2 heterocycles. The average molecular weight is 603 g/mol. The molecule has 0 aliphatic carbocycles. The summed E-state index contributed by atoms with van der Waals surface area (Å²) in [5.41, 5.74) is 1.40. The summed E-state index contributed by atoms with van der Waals surface area (Å²) >= 11 is 0. The molecule has 2 saturated heterocycles. The Bertz CT molecular complexity index is 1430. The predicted molar refractivity (Wildman–Crippen MR) is 167 cm³/mol. The van der Waals surface area contributed by atoms with E-state index < -0.39 is 11.4 Å². The number of methoxy groups -OCH3 is 4. The lowest BCUT2D eigenvalue weighted by molar-refractivity contribution is -0.146. The molecule has 0 spiro atoms. The molecule has 0 saturated carbocycles. The highest BCUT2D eigenvalue weighted by atomic mass is 16.5. The van der Waals surface area contributed by atoms with Crippen molar-refractivity contribution >= 4 is 11.9 Å². The maximum Gasteiger partial charge on any atom is 0.314 e. The Balaban J connectivity index is 1.35. The van der Waals surface area contributed by atoms with E-state index >= 15 is 0 Å². The minimum Gasteiger partial charge on any atom is -0.497 e. The third-order valence-corrected chi connectivity index (χ3v) is 9.61. The van der Waals surface area contributed by atoms with Crippen molar-refractivity contribution in [3.05, 3.63) is 83.4 Å². The Morgan fingerprint density at radius 2 is 1.41 bits per heavy atom. The zero-order chi connectivity index (χ0) is 31.3. The fourth-order valence-electron chi connectivity index (χ4n) is 6.88. The molecule has 44 heavy (non-hydrogen) atoms. The molecule has 9 heteroatoms. The predicted octanol–water partition coefficient (Wildman–Crippen LogP) is 5.01. The minimum atomic E-state index is -0.859. The second-order valence-corrected chi connectivity index (χ2v) is 11.7. The molecule has 234 valence electrons. The van der Waals surface area contributed by atoms with Crippen LogP contribution in [0.2, 0.25) is 0 Å². The van der Waals surface area contributed by atoms with Crippen LogP contribution in [0, 0.1) is 0 Å². The summed E-state index contributed by atoms with van der Waals surface area (Å²) in [5, 5.41) is 10.2. The van der Waals surface area contributed by atoms with E-state index in [4.69, 9.17) is 18.9 Å². The zero-order valence-corrected chi connectivity index (χ0v) is 26.0. The van der Waals surface area contributed by atoms with E-state index in [0.29, 0.717) is 61.8 Å². The van der Waals surface area contributed by atoms with Crippen molar-refractivity contribution in [3.63, 3.8) is 0 Å². The quantitative estimate of drug-likeness (QED) is 0.327. The number of piperidine rings is 1. The first-order valence-corrected chi connectivity index (χ1v) is 15.0. The molecule has 2 fully saturated rings. The third kappa shape index (κ3) is 5.93. The molecular formula is C35H42N2O7. The van der Waals surface area contributed by atoms with Crippen LogP contribution in [-0.4, -0.2) is 87.9 Å². The number of carbonyl (C=O) groups excluding carboxylic acids is 1. The van der Waals surface area contributed by atoms with Gasteiger partial charge in [0.1, 0.15) is 5.75 Å². The molecule has 1 N–H and O–H groups in total.